The first kappa shape index (κ1) is 30.3. The van der Waals surface area contributed by atoms with Gasteiger partial charge < -0.3 is 38.1 Å². The number of nitrogens with zero attached hydrogens (tertiary/aromatic N) is 1. The highest BCUT2D eigenvalue weighted by molar-refractivity contribution is 6.74. The predicted molar refractivity (Wildman–Crippen MR) is 154 cm³/mol. The molecular weight excluding hydrogens is 518 g/mol. The quantitative estimate of drug-likeness (QED) is 0.150. The van der Waals surface area contributed by atoms with E-state index in [4.69, 9.17) is 32.8 Å². The van der Waals surface area contributed by atoms with E-state index in [0.717, 1.165) is 22.3 Å². The summed E-state index contributed by atoms with van der Waals surface area (Å²) < 4.78 is 40.2. The smallest absolute Gasteiger partial charge is 0.203 e. The van der Waals surface area contributed by atoms with Crippen molar-refractivity contribution in [1.82, 2.24) is 0 Å². The van der Waals surface area contributed by atoms with Gasteiger partial charge in [0.15, 0.2) is 38.1 Å². The Morgan fingerprint density at radius 2 is 1.44 bits per heavy atom. The molecule has 3 rings (SSSR count). The van der Waals surface area contributed by atoms with Crippen LogP contribution in [-0.2, 0) is 9.16 Å². The van der Waals surface area contributed by atoms with Gasteiger partial charge in [0, 0.05) is 19.1 Å². The molecule has 0 saturated carbocycles. The van der Waals surface area contributed by atoms with E-state index in [1.165, 1.54) is 0 Å². The topological polar surface area (TPSA) is 97.2 Å². The number of allylic oxidation sites excluding steroid dienone is 1. The Labute approximate surface area is 232 Å². The third-order valence-electron chi connectivity index (χ3n) is 7.38. The largest absolute Gasteiger partial charge is 0.493 e. The maximum Gasteiger partial charge on any atom is 0.203 e. The lowest BCUT2D eigenvalue weighted by atomic mass is 9.94. The van der Waals surface area contributed by atoms with Gasteiger partial charge in [-0.25, -0.2) is 0 Å². The number of rotatable bonds is 11. The normalized spacial score (nSPS) is 17.0. The second-order valence-electron chi connectivity index (χ2n) is 10.7. The monoisotopic (exact) mass is 559 g/mol. The van der Waals surface area contributed by atoms with Crippen molar-refractivity contribution in [2.24, 2.45) is 5.16 Å². The Bertz CT molecular complexity index is 1210. The van der Waals surface area contributed by atoms with Gasteiger partial charge >= 0.3 is 0 Å². The highest BCUT2D eigenvalue weighted by Crippen LogP contribution is 2.48. The number of methoxy groups -OCH3 is 5. The third kappa shape index (κ3) is 6.18. The molecule has 0 fully saturated rings. The summed E-state index contributed by atoms with van der Waals surface area (Å²) in [4.78, 5) is 0. The van der Waals surface area contributed by atoms with E-state index in [0.29, 0.717) is 40.9 Å². The summed E-state index contributed by atoms with van der Waals surface area (Å²) in [6.07, 6.45) is 0.0273. The zero-order chi connectivity index (χ0) is 29.0. The van der Waals surface area contributed by atoms with Gasteiger partial charge in [-0.2, -0.15) is 0 Å². The Kier molecular flexibility index (Phi) is 9.58. The molecule has 39 heavy (non-hydrogen) atoms. The number of oxime groups is 1. The van der Waals surface area contributed by atoms with E-state index in [9.17, 15) is 5.21 Å². The molecule has 2 aromatic carbocycles. The van der Waals surface area contributed by atoms with Crippen LogP contribution < -0.4 is 23.7 Å². The zero-order valence-corrected chi connectivity index (χ0v) is 25.6. The van der Waals surface area contributed by atoms with Crippen LogP contribution in [0.15, 0.2) is 35.5 Å². The molecule has 0 amide bonds. The fourth-order valence-electron chi connectivity index (χ4n) is 4.38. The Morgan fingerprint density at radius 3 is 1.92 bits per heavy atom. The highest BCUT2D eigenvalue weighted by atomic mass is 28.4. The molecule has 0 saturated heterocycles. The molecule has 0 bridgehead atoms. The second-order valence-corrected chi connectivity index (χ2v) is 15.5. The van der Waals surface area contributed by atoms with Crippen LogP contribution in [-0.4, -0.2) is 67.7 Å². The van der Waals surface area contributed by atoms with Gasteiger partial charge in [-0.3, -0.25) is 0 Å². The fourth-order valence-corrected chi connectivity index (χ4v) is 5.64. The number of ether oxygens (including phenoxy) is 6. The zero-order valence-electron chi connectivity index (χ0n) is 24.6. The van der Waals surface area contributed by atoms with Crippen LogP contribution in [0.1, 0.15) is 38.3 Å². The molecule has 1 atom stereocenters. The Balaban J connectivity index is 2.35. The van der Waals surface area contributed by atoms with Gasteiger partial charge in [-0.05, 0) is 59.1 Å². The van der Waals surface area contributed by atoms with Gasteiger partial charge in [-0.15, -0.1) is 0 Å². The molecule has 1 aliphatic carbocycles. The summed E-state index contributed by atoms with van der Waals surface area (Å²) >= 11 is 0. The molecule has 0 aromatic heterocycles. The van der Waals surface area contributed by atoms with Gasteiger partial charge in [0.2, 0.25) is 5.75 Å². The molecule has 10 heteroatoms. The predicted octanol–water partition coefficient (Wildman–Crippen LogP) is 6.24. The SMILES string of the molecule is COCOc1cc(C2=C(c3cc(OC)c(OC)c(OC)c3)/C(=N/O)CC2O[Si](C)(C)C(C)(C)C)ccc1OC. The van der Waals surface area contributed by atoms with E-state index >= 15 is 0 Å². The van der Waals surface area contributed by atoms with Crippen molar-refractivity contribution < 1.29 is 38.1 Å². The highest BCUT2D eigenvalue weighted by Gasteiger charge is 2.43. The van der Waals surface area contributed by atoms with Gasteiger partial charge in [0.25, 0.3) is 0 Å². The lowest BCUT2D eigenvalue weighted by Crippen LogP contribution is -2.43. The molecular formula is C29H41NO8Si. The summed E-state index contributed by atoms with van der Waals surface area (Å²) in [7, 11) is 5.61. The average Bonchev–Trinajstić information content (AvgIpc) is 3.27. The summed E-state index contributed by atoms with van der Waals surface area (Å²) in [6.45, 7) is 11.1. The first-order valence-electron chi connectivity index (χ1n) is 12.7. The molecule has 9 nitrogen and oxygen atoms in total. The van der Waals surface area contributed by atoms with Crippen molar-refractivity contribution in [3.8, 4) is 28.7 Å². The first-order valence-corrected chi connectivity index (χ1v) is 15.6. The summed E-state index contributed by atoms with van der Waals surface area (Å²) in [5.41, 5.74) is 3.67. The van der Waals surface area contributed by atoms with Crippen LogP contribution >= 0.6 is 0 Å². The van der Waals surface area contributed by atoms with Gasteiger partial charge in [-0.1, -0.05) is 32.0 Å². The second kappa shape index (κ2) is 12.3. The van der Waals surface area contributed by atoms with Crippen LogP contribution in [0, 0.1) is 0 Å². The molecule has 214 valence electrons. The van der Waals surface area contributed by atoms with Crippen molar-refractivity contribution in [3.63, 3.8) is 0 Å². The van der Waals surface area contributed by atoms with E-state index < -0.39 is 8.32 Å². The van der Waals surface area contributed by atoms with E-state index in [-0.39, 0.29) is 17.9 Å². The molecule has 0 spiro atoms. The minimum Gasteiger partial charge on any atom is -0.493 e. The van der Waals surface area contributed by atoms with Crippen molar-refractivity contribution in [2.45, 2.75) is 51.4 Å². The summed E-state index contributed by atoms with van der Waals surface area (Å²) in [6, 6.07) is 9.39. The van der Waals surface area contributed by atoms with Gasteiger partial charge in [0.1, 0.15) is 0 Å². The summed E-state index contributed by atoms with van der Waals surface area (Å²) in [5, 5.41) is 13.9. The van der Waals surface area contributed by atoms with Crippen LogP contribution in [0.25, 0.3) is 11.1 Å². The average molecular weight is 560 g/mol. The Morgan fingerprint density at radius 1 is 0.846 bits per heavy atom. The van der Waals surface area contributed by atoms with Crippen molar-refractivity contribution in [3.05, 3.63) is 41.5 Å². The molecule has 0 aliphatic heterocycles. The third-order valence-corrected chi connectivity index (χ3v) is 11.9. The lowest BCUT2D eigenvalue weighted by molar-refractivity contribution is 0.0491. The van der Waals surface area contributed by atoms with Crippen molar-refractivity contribution in [1.29, 1.82) is 0 Å². The lowest BCUT2D eigenvalue weighted by Gasteiger charge is -2.39. The van der Waals surface area contributed by atoms with Crippen molar-refractivity contribution in [2.75, 3.05) is 42.3 Å². The van der Waals surface area contributed by atoms with E-state index in [1.54, 1.807) is 35.5 Å². The summed E-state index contributed by atoms with van der Waals surface area (Å²) in [5.74, 6) is 2.54. The van der Waals surface area contributed by atoms with E-state index in [2.05, 4.69) is 39.0 Å². The first-order chi connectivity index (χ1) is 18.5. The van der Waals surface area contributed by atoms with Crippen LogP contribution in [0.5, 0.6) is 28.7 Å². The van der Waals surface area contributed by atoms with E-state index in [1.807, 2.05) is 30.3 Å². The number of benzene rings is 2. The fraction of sp³-hybridized carbons (Fsp3) is 0.483. The molecule has 0 heterocycles. The molecule has 1 aliphatic rings. The van der Waals surface area contributed by atoms with Crippen LogP contribution in [0.2, 0.25) is 18.1 Å². The number of hydrogen-bond acceptors (Lipinski definition) is 9. The Hall–Kier alpha value is -3.21. The molecule has 2 aromatic rings. The standard InChI is InChI=1S/C29H41NO8Si/c1-29(2,3)39(9,10)38-23-16-20(30-31)26(19-14-24(34-6)28(36-8)25(15-19)35-7)27(23)18-11-12-21(33-5)22(13-18)37-17-32-4/h11-15,23,31H,16-17H2,1-10H3/b30-20+. The van der Waals surface area contributed by atoms with Crippen LogP contribution in [0.3, 0.4) is 0 Å². The molecule has 1 N–H and O–H groups in total. The molecule has 0 radical (unpaired) electrons. The minimum absolute atomic E-state index is 0.0312. The van der Waals surface area contributed by atoms with Crippen molar-refractivity contribution >= 4 is 25.2 Å². The molecule has 1 unspecified atom stereocenters. The maximum absolute atomic E-state index is 10.2. The van der Waals surface area contributed by atoms with Crippen LogP contribution in [0.4, 0.5) is 0 Å². The number of hydrogen-bond donors (Lipinski definition) is 1. The minimum atomic E-state index is -2.24. The van der Waals surface area contributed by atoms with Gasteiger partial charge in [0.05, 0.1) is 40.3 Å². The maximum atomic E-state index is 10.2.